The Kier molecular flexibility index (Phi) is 4.86. The number of rotatable bonds is 6. The van der Waals surface area contributed by atoms with Gasteiger partial charge >= 0.3 is 0 Å². The van der Waals surface area contributed by atoms with Crippen molar-refractivity contribution >= 4 is 15.9 Å². The van der Waals surface area contributed by atoms with E-state index in [2.05, 4.69) is 46.0 Å². The molecule has 0 spiro atoms. The van der Waals surface area contributed by atoms with Gasteiger partial charge in [0.2, 0.25) is 0 Å². The Bertz CT molecular complexity index is 356. The summed E-state index contributed by atoms with van der Waals surface area (Å²) in [6.45, 7) is 6.46. The molecule has 1 aliphatic heterocycles. The van der Waals surface area contributed by atoms with E-state index in [0.29, 0.717) is 5.92 Å². The third kappa shape index (κ3) is 3.23. The molecule has 17 heavy (non-hydrogen) atoms. The van der Waals surface area contributed by atoms with Gasteiger partial charge in [0.15, 0.2) is 0 Å². The highest BCUT2D eigenvalue weighted by Crippen LogP contribution is 2.33. The van der Waals surface area contributed by atoms with Crippen LogP contribution in [0.4, 0.5) is 0 Å². The number of nitrogens with zero attached hydrogens (tertiary/aromatic N) is 1. The standard InChI is InChI=1S/C14H20BrNO/c1-2-16(9-5-8-15)10-12-11-17-14-7-4-3-6-13(12)14/h3-4,6-7,12H,2,5,8-11H2,1H3. The predicted molar refractivity (Wildman–Crippen MR) is 75.2 cm³/mol. The van der Waals surface area contributed by atoms with Crippen LogP contribution in [-0.4, -0.2) is 36.5 Å². The molecule has 0 saturated heterocycles. The minimum Gasteiger partial charge on any atom is -0.493 e. The molecule has 0 fully saturated rings. The first kappa shape index (κ1) is 12.9. The molecular formula is C14H20BrNO. The number of likely N-dealkylation sites (N-methyl/N-ethyl adjacent to an activating group) is 1. The summed E-state index contributed by atoms with van der Waals surface area (Å²) in [5, 5.41) is 1.08. The van der Waals surface area contributed by atoms with Crippen molar-refractivity contribution in [1.29, 1.82) is 0 Å². The summed E-state index contributed by atoms with van der Waals surface area (Å²) in [5.41, 5.74) is 1.38. The quantitative estimate of drug-likeness (QED) is 0.747. The summed E-state index contributed by atoms with van der Waals surface area (Å²) in [7, 11) is 0. The smallest absolute Gasteiger partial charge is 0.122 e. The number of ether oxygens (including phenoxy) is 1. The summed E-state index contributed by atoms with van der Waals surface area (Å²) in [4.78, 5) is 2.51. The molecule has 1 aromatic carbocycles. The Balaban J connectivity index is 1.95. The summed E-state index contributed by atoms with van der Waals surface area (Å²) in [5.74, 6) is 1.62. The molecule has 3 heteroatoms. The summed E-state index contributed by atoms with van der Waals surface area (Å²) in [6, 6.07) is 8.42. The molecule has 1 heterocycles. The Labute approximate surface area is 112 Å². The van der Waals surface area contributed by atoms with Crippen molar-refractivity contribution in [2.45, 2.75) is 19.3 Å². The van der Waals surface area contributed by atoms with E-state index >= 15 is 0 Å². The number of alkyl halides is 1. The third-order valence-corrected chi connectivity index (χ3v) is 3.89. The molecule has 1 unspecified atom stereocenters. The zero-order valence-corrected chi connectivity index (χ0v) is 11.9. The lowest BCUT2D eigenvalue weighted by molar-refractivity contribution is 0.242. The lowest BCUT2D eigenvalue weighted by Gasteiger charge is -2.23. The van der Waals surface area contributed by atoms with Crippen LogP contribution in [0.25, 0.3) is 0 Å². The summed E-state index contributed by atoms with van der Waals surface area (Å²) < 4.78 is 5.72. The molecular weight excluding hydrogens is 278 g/mol. The lowest BCUT2D eigenvalue weighted by atomic mass is 10.0. The number of hydrogen-bond acceptors (Lipinski definition) is 2. The second kappa shape index (κ2) is 6.41. The zero-order chi connectivity index (χ0) is 12.1. The number of hydrogen-bond donors (Lipinski definition) is 0. The highest BCUT2D eigenvalue weighted by Gasteiger charge is 2.24. The van der Waals surface area contributed by atoms with Crippen LogP contribution in [0, 0.1) is 0 Å². The fourth-order valence-electron chi connectivity index (χ4n) is 2.35. The fourth-order valence-corrected chi connectivity index (χ4v) is 2.60. The van der Waals surface area contributed by atoms with Gasteiger partial charge in [-0.3, -0.25) is 0 Å². The normalized spacial score (nSPS) is 18.2. The summed E-state index contributed by atoms with van der Waals surface area (Å²) >= 11 is 3.49. The number of fused-ring (bicyclic) bond motifs is 1. The van der Waals surface area contributed by atoms with Gasteiger partial charge in [-0.15, -0.1) is 0 Å². The predicted octanol–water partition coefficient (Wildman–Crippen LogP) is 3.27. The summed E-state index contributed by atoms with van der Waals surface area (Å²) in [6.07, 6.45) is 1.21. The lowest BCUT2D eigenvalue weighted by Crippen LogP contribution is -2.30. The van der Waals surface area contributed by atoms with Gasteiger partial charge in [0.25, 0.3) is 0 Å². The van der Waals surface area contributed by atoms with E-state index in [0.717, 1.165) is 30.8 Å². The molecule has 0 bridgehead atoms. The molecule has 0 aromatic heterocycles. The Morgan fingerprint density at radius 2 is 2.24 bits per heavy atom. The SMILES string of the molecule is CCN(CCCBr)CC1COc2ccccc21. The van der Waals surface area contributed by atoms with Gasteiger partial charge in [-0.2, -0.15) is 0 Å². The second-order valence-electron chi connectivity index (χ2n) is 4.48. The van der Waals surface area contributed by atoms with Gasteiger partial charge in [-0.05, 0) is 25.6 Å². The van der Waals surface area contributed by atoms with Gasteiger partial charge in [0.1, 0.15) is 5.75 Å². The van der Waals surface area contributed by atoms with Crippen molar-refractivity contribution < 1.29 is 4.74 Å². The van der Waals surface area contributed by atoms with Crippen molar-refractivity contribution in [2.75, 3.05) is 31.6 Å². The van der Waals surface area contributed by atoms with Crippen molar-refractivity contribution in [2.24, 2.45) is 0 Å². The van der Waals surface area contributed by atoms with E-state index in [9.17, 15) is 0 Å². The Morgan fingerprint density at radius 3 is 3.00 bits per heavy atom. The molecule has 0 saturated carbocycles. The van der Waals surface area contributed by atoms with E-state index < -0.39 is 0 Å². The van der Waals surface area contributed by atoms with E-state index in [1.807, 2.05) is 6.07 Å². The van der Waals surface area contributed by atoms with Crippen LogP contribution in [0.2, 0.25) is 0 Å². The molecule has 0 aliphatic carbocycles. The van der Waals surface area contributed by atoms with Crippen LogP contribution < -0.4 is 4.74 Å². The maximum Gasteiger partial charge on any atom is 0.122 e. The monoisotopic (exact) mass is 297 g/mol. The van der Waals surface area contributed by atoms with Crippen LogP contribution in [-0.2, 0) is 0 Å². The van der Waals surface area contributed by atoms with Crippen molar-refractivity contribution in [3.05, 3.63) is 29.8 Å². The second-order valence-corrected chi connectivity index (χ2v) is 5.27. The Morgan fingerprint density at radius 1 is 1.41 bits per heavy atom. The molecule has 1 aromatic rings. The number of para-hydroxylation sites is 1. The van der Waals surface area contributed by atoms with Crippen molar-refractivity contribution in [3.8, 4) is 5.75 Å². The highest BCUT2D eigenvalue weighted by molar-refractivity contribution is 9.09. The molecule has 1 aliphatic rings. The minimum absolute atomic E-state index is 0.543. The maximum atomic E-state index is 5.72. The number of halogens is 1. The van der Waals surface area contributed by atoms with Crippen LogP contribution >= 0.6 is 15.9 Å². The van der Waals surface area contributed by atoms with Gasteiger partial charge in [0, 0.05) is 23.4 Å². The largest absolute Gasteiger partial charge is 0.493 e. The molecule has 0 N–H and O–H groups in total. The van der Waals surface area contributed by atoms with E-state index in [1.54, 1.807) is 0 Å². The van der Waals surface area contributed by atoms with E-state index in [4.69, 9.17) is 4.74 Å². The van der Waals surface area contributed by atoms with Crippen LogP contribution in [0.1, 0.15) is 24.8 Å². The van der Waals surface area contributed by atoms with E-state index in [1.165, 1.54) is 18.5 Å². The topological polar surface area (TPSA) is 12.5 Å². The third-order valence-electron chi connectivity index (χ3n) is 3.33. The van der Waals surface area contributed by atoms with Gasteiger partial charge in [-0.25, -0.2) is 0 Å². The maximum absolute atomic E-state index is 5.72. The highest BCUT2D eigenvalue weighted by atomic mass is 79.9. The molecule has 2 nitrogen and oxygen atoms in total. The van der Waals surface area contributed by atoms with Crippen molar-refractivity contribution in [1.82, 2.24) is 4.90 Å². The molecule has 94 valence electrons. The average molecular weight is 298 g/mol. The van der Waals surface area contributed by atoms with Crippen LogP contribution in [0.3, 0.4) is 0 Å². The molecule has 0 radical (unpaired) electrons. The molecule has 0 amide bonds. The molecule has 2 rings (SSSR count). The first-order valence-corrected chi connectivity index (χ1v) is 7.47. The average Bonchev–Trinajstić information content (AvgIpc) is 2.78. The van der Waals surface area contributed by atoms with E-state index in [-0.39, 0.29) is 0 Å². The number of benzene rings is 1. The molecule has 1 atom stereocenters. The van der Waals surface area contributed by atoms with Crippen LogP contribution in [0.5, 0.6) is 5.75 Å². The fraction of sp³-hybridized carbons (Fsp3) is 0.571. The van der Waals surface area contributed by atoms with Crippen LogP contribution in [0.15, 0.2) is 24.3 Å². The van der Waals surface area contributed by atoms with Gasteiger partial charge in [-0.1, -0.05) is 41.1 Å². The first-order chi connectivity index (χ1) is 8.35. The minimum atomic E-state index is 0.543. The Hall–Kier alpha value is -0.540. The van der Waals surface area contributed by atoms with Gasteiger partial charge < -0.3 is 9.64 Å². The van der Waals surface area contributed by atoms with Crippen molar-refractivity contribution in [3.63, 3.8) is 0 Å². The van der Waals surface area contributed by atoms with Gasteiger partial charge in [0.05, 0.1) is 6.61 Å². The zero-order valence-electron chi connectivity index (χ0n) is 10.4. The first-order valence-electron chi connectivity index (χ1n) is 6.35.